The van der Waals surface area contributed by atoms with Crippen molar-refractivity contribution in [3.63, 3.8) is 0 Å². The molecule has 3 nitrogen and oxygen atoms in total. The maximum atomic E-state index is 6.21. The fourth-order valence-electron chi connectivity index (χ4n) is 2.59. The lowest BCUT2D eigenvalue weighted by atomic mass is 10.1. The molecule has 1 unspecified atom stereocenters. The monoisotopic (exact) mass is 253 g/mol. The van der Waals surface area contributed by atoms with Gasteiger partial charge < -0.3 is 15.5 Å². The van der Waals surface area contributed by atoms with E-state index < -0.39 is 0 Å². The van der Waals surface area contributed by atoms with Crippen molar-refractivity contribution < 1.29 is 0 Å². The predicted molar refractivity (Wildman–Crippen MR) is 74.7 cm³/mol. The van der Waals surface area contributed by atoms with E-state index in [0.717, 1.165) is 29.5 Å². The molecule has 1 aliphatic heterocycles. The summed E-state index contributed by atoms with van der Waals surface area (Å²) in [6.07, 6.45) is 1.26. The van der Waals surface area contributed by atoms with Gasteiger partial charge in [-0.25, -0.2) is 0 Å². The minimum absolute atomic E-state index is 0.709. The van der Waals surface area contributed by atoms with Gasteiger partial charge in [0.25, 0.3) is 0 Å². The third-order valence-corrected chi connectivity index (χ3v) is 3.73. The number of nitrogens with two attached hydrogens (primary N) is 1. The fraction of sp³-hybridized carbons (Fsp3) is 0.538. The highest BCUT2D eigenvalue weighted by Gasteiger charge is 2.22. The Morgan fingerprint density at radius 3 is 2.88 bits per heavy atom. The van der Waals surface area contributed by atoms with Crippen molar-refractivity contribution in [3.8, 4) is 0 Å². The Morgan fingerprint density at radius 1 is 1.53 bits per heavy atom. The van der Waals surface area contributed by atoms with Crippen molar-refractivity contribution in [2.24, 2.45) is 5.92 Å². The molecule has 1 aliphatic rings. The zero-order valence-electron chi connectivity index (χ0n) is 10.5. The van der Waals surface area contributed by atoms with Crippen LogP contribution in [-0.2, 0) is 0 Å². The van der Waals surface area contributed by atoms with E-state index in [1.807, 2.05) is 18.2 Å². The third kappa shape index (κ3) is 2.85. The number of nitrogens with zero attached hydrogens (tertiary/aromatic N) is 2. The summed E-state index contributed by atoms with van der Waals surface area (Å²) in [4.78, 5) is 4.55. The van der Waals surface area contributed by atoms with Gasteiger partial charge in [0.1, 0.15) is 0 Å². The molecule has 94 valence electrons. The second-order valence-electron chi connectivity index (χ2n) is 4.98. The van der Waals surface area contributed by atoms with Crippen LogP contribution in [0.2, 0.25) is 5.02 Å². The molecule has 2 rings (SSSR count). The lowest BCUT2D eigenvalue weighted by Gasteiger charge is -2.25. The molecule has 2 N–H and O–H groups in total. The molecule has 1 aromatic rings. The van der Waals surface area contributed by atoms with Crippen molar-refractivity contribution >= 4 is 23.0 Å². The Hall–Kier alpha value is -0.930. The van der Waals surface area contributed by atoms with Crippen LogP contribution in [-0.4, -0.2) is 38.6 Å². The molecular weight excluding hydrogens is 234 g/mol. The van der Waals surface area contributed by atoms with Gasteiger partial charge in [-0.3, -0.25) is 0 Å². The molecule has 1 atom stereocenters. The van der Waals surface area contributed by atoms with Gasteiger partial charge in [-0.05, 0) is 38.1 Å². The first-order chi connectivity index (χ1) is 8.08. The maximum Gasteiger partial charge on any atom is 0.0786 e. The molecule has 0 bridgehead atoms. The SMILES string of the molecule is CN1CCC(CN(C)c2c(N)cccc2Cl)C1. The highest BCUT2D eigenvalue weighted by atomic mass is 35.5. The Balaban J connectivity index is 2.07. The Labute approximate surface area is 108 Å². The Morgan fingerprint density at radius 2 is 2.29 bits per heavy atom. The Kier molecular flexibility index (Phi) is 3.79. The van der Waals surface area contributed by atoms with E-state index in [1.165, 1.54) is 13.0 Å². The molecule has 0 aliphatic carbocycles. The van der Waals surface area contributed by atoms with Crippen LogP contribution in [0.4, 0.5) is 11.4 Å². The number of nitrogen functional groups attached to an aromatic ring is 1. The highest BCUT2D eigenvalue weighted by molar-refractivity contribution is 6.33. The van der Waals surface area contributed by atoms with Gasteiger partial charge in [-0.15, -0.1) is 0 Å². The first-order valence-electron chi connectivity index (χ1n) is 6.01. The van der Waals surface area contributed by atoms with Crippen LogP contribution in [0, 0.1) is 5.92 Å². The molecule has 0 radical (unpaired) electrons. The summed E-state index contributed by atoms with van der Waals surface area (Å²) in [7, 11) is 4.24. The molecular formula is C13H20ClN3. The first kappa shape index (κ1) is 12.5. The predicted octanol–water partition coefficient (Wildman–Crippen LogP) is 2.31. The second kappa shape index (κ2) is 5.15. The summed E-state index contributed by atoms with van der Waals surface area (Å²) in [6.45, 7) is 3.36. The molecule has 1 saturated heterocycles. The molecule has 17 heavy (non-hydrogen) atoms. The number of anilines is 2. The number of hydrogen-bond donors (Lipinski definition) is 1. The van der Waals surface area contributed by atoms with Crippen molar-refractivity contribution in [1.82, 2.24) is 4.90 Å². The first-order valence-corrected chi connectivity index (χ1v) is 6.39. The molecule has 0 aromatic heterocycles. The lowest BCUT2D eigenvalue weighted by Crippen LogP contribution is -2.28. The molecule has 0 amide bonds. The van der Waals surface area contributed by atoms with E-state index >= 15 is 0 Å². The number of para-hydroxylation sites is 1. The van der Waals surface area contributed by atoms with Crippen molar-refractivity contribution in [1.29, 1.82) is 0 Å². The average molecular weight is 254 g/mol. The largest absolute Gasteiger partial charge is 0.397 e. The standard InChI is InChI=1S/C13H20ClN3/c1-16-7-6-10(8-16)9-17(2)13-11(14)4-3-5-12(13)15/h3-5,10H,6-9,15H2,1-2H3. The number of hydrogen-bond acceptors (Lipinski definition) is 3. The van der Waals surface area contributed by atoms with Crippen molar-refractivity contribution in [3.05, 3.63) is 23.2 Å². The summed E-state index contributed by atoms with van der Waals surface area (Å²) < 4.78 is 0. The molecule has 0 spiro atoms. The van der Waals surface area contributed by atoms with Crippen molar-refractivity contribution in [2.75, 3.05) is 44.4 Å². The normalized spacial score (nSPS) is 20.8. The zero-order chi connectivity index (χ0) is 12.4. The molecule has 1 heterocycles. The Bertz CT molecular complexity index is 374. The number of rotatable bonds is 3. The molecule has 1 fully saturated rings. The van der Waals surface area contributed by atoms with Crippen LogP contribution >= 0.6 is 11.6 Å². The van der Waals surface area contributed by atoms with Crippen LogP contribution in [0.5, 0.6) is 0 Å². The minimum Gasteiger partial charge on any atom is -0.397 e. The lowest BCUT2D eigenvalue weighted by molar-refractivity contribution is 0.396. The van der Waals surface area contributed by atoms with Crippen LogP contribution in [0.1, 0.15) is 6.42 Å². The van der Waals surface area contributed by atoms with Gasteiger partial charge >= 0.3 is 0 Å². The summed E-state index contributed by atoms with van der Waals surface area (Å²) >= 11 is 6.21. The minimum atomic E-state index is 0.709. The highest BCUT2D eigenvalue weighted by Crippen LogP contribution is 2.32. The second-order valence-corrected chi connectivity index (χ2v) is 5.38. The average Bonchev–Trinajstić information content (AvgIpc) is 2.63. The molecule has 4 heteroatoms. The van der Waals surface area contributed by atoms with E-state index in [2.05, 4.69) is 23.9 Å². The summed E-state index contributed by atoms with van der Waals surface area (Å²) in [5, 5.41) is 0.735. The fourth-order valence-corrected chi connectivity index (χ4v) is 2.91. The van der Waals surface area contributed by atoms with Gasteiger partial charge in [-0.1, -0.05) is 17.7 Å². The van der Waals surface area contributed by atoms with Crippen molar-refractivity contribution in [2.45, 2.75) is 6.42 Å². The molecule has 1 aromatic carbocycles. The number of benzene rings is 1. The maximum absolute atomic E-state index is 6.21. The van der Waals surface area contributed by atoms with E-state index in [0.29, 0.717) is 5.92 Å². The topological polar surface area (TPSA) is 32.5 Å². The third-order valence-electron chi connectivity index (χ3n) is 3.42. The van der Waals surface area contributed by atoms with Gasteiger partial charge in [0, 0.05) is 20.1 Å². The quantitative estimate of drug-likeness (QED) is 0.840. The van der Waals surface area contributed by atoms with Gasteiger partial charge in [0.05, 0.1) is 16.4 Å². The van der Waals surface area contributed by atoms with E-state index in [4.69, 9.17) is 17.3 Å². The summed E-state index contributed by atoms with van der Waals surface area (Å²) in [5.74, 6) is 0.709. The smallest absolute Gasteiger partial charge is 0.0786 e. The van der Waals surface area contributed by atoms with Crippen LogP contribution in [0.3, 0.4) is 0 Å². The van der Waals surface area contributed by atoms with E-state index in [9.17, 15) is 0 Å². The van der Waals surface area contributed by atoms with Crippen LogP contribution in [0.25, 0.3) is 0 Å². The molecule has 0 saturated carbocycles. The van der Waals surface area contributed by atoms with Gasteiger partial charge in [0.15, 0.2) is 0 Å². The van der Waals surface area contributed by atoms with E-state index in [-0.39, 0.29) is 0 Å². The van der Waals surface area contributed by atoms with Crippen LogP contribution in [0.15, 0.2) is 18.2 Å². The van der Waals surface area contributed by atoms with Gasteiger partial charge in [0.2, 0.25) is 0 Å². The number of likely N-dealkylation sites (tertiary alicyclic amines) is 1. The summed E-state index contributed by atoms with van der Waals surface area (Å²) in [6, 6.07) is 5.68. The van der Waals surface area contributed by atoms with Gasteiger partial charge in [-0.2, -0.15) is 0 Å². The van der Waals surface area contributed by atoms with Crippen LogP contribution < -0.4 is 10.6 Å². The van der Waals surface area contributed by atoms with E-state index in [1.54, 1.807) is 0 Å². The summed E-state index contributed by atoms with van der Waals surface area (Å²) in [5.41, 5.74) is 7.70. The number of halogens is 1. The zero-order valence-corrected chi connectivity index (χ0v) is 11.2.